The molecule has 4 nitrogen and oxygen atoms in total. The Morgan fingerprint density at radius 2 is 1.60 bits per heavy atom. The van der Waals surface area contributed by atoms with Crippen LogP contribution in [0.4, 0.5) is 5.69 Å². The minimum absolute atomic E-state index is 0.0921. The van der Waals surface area contributed by atoms with Gasteiger partial charge in [-0.3, -0.25) is 9.69 Å². The fourth-order valence-electron chi connectivity index (χ4n) is 3.40. The molecule has 25 heavy (non-hydrogen) atoms. The zero-order valence-corrected chi connectivity index (χ0v) is 15.0. The molecular formula is C21H26N2O2. The van der Waals surface area contributed by atoms with Gasteiger partial charge in [-0.05, 0) is 42.2 Å². The summed E-state index contributed by atoms with van der Waals surface area (Å²) in [5.41, 5.74) is 6.11. The van der Waals surface area contributed by atoms with Crippen molar-refractivity contribution >= 4 is 11.7 Å². The van der Waals surface area contributed by atoms with Crippen molar-refractivity contribution in [1.82, 2.24) is 4.90 Å². The van der Waals surface area contributed by atoms with E-state index in [4.69, 9.17) is 5.11 Å². The molecule has 1 saturated heterocycles. The summed E-state index contributed by atoms with van der Waals surface area (Å²) in [6.45, 7) is 9.43. The Balaban J connectivity index is 1.55. The highest BCUT2D eigenvalue weighted by Crippen LogP contribution is 2.23. The summed E-state index contributed by atoms with van der Waals surface area (Å²) in [5, 5.41) is 8.84. The van der Waals surface area contributed by atoms with Crippen LogP contribution in [0.3, 0.4) is 0 Å². The molecule has 0 spiro atoms. The number of carboxylic acids is 1. The van der Waals surface area contributed by atoms with Gasteiger partial charge in [0.2, 0.25) is 0 Å². The summed E-state index contributed by atoms with van der Waals surface area (Å²) < 4.78 is 0. The first kappa shape index (κ1) is 17.5. The van der Waals surface area contributed by atoms with Crippen LogP contribution in [0.2, 0.25) is 0 Å². The molecule has 0 aliphatic carbocycles. The van der Waals surface area contributed by atoms with Gasteiger partial charge in [0.05, 0.1) is 6.42 Å². The molecule has 2 aromatic rings. The molecule has 3 rings (SSSR count). The largest absolute Gasteiger partial charge is 0.481 e. The second-order valence-corrected chi connectivity index (χ2v) is 6.94. The predicted octanol–water partition coefficient (Wildman–Crippen LogP) is 3.25. The molecule has 1 N–H and O–H groups in total. The van der Waals surface area contributed by atoms with Gasteiger partial charge in [-0.25, -0.2) is 0 Å². The molecule has 4 heteroatoms. The van der Waals surface area contributed by atoms with Crippen LogP contribution in [-0.2, 0) is 17.8 Å². The van der Waals surface area contributed by atoms with Crippen molar-refractivity contribution in [3.05, 3.63) is 64.7 Å². The predicted molar refractivity (Wildman–Crippen MR) is 101 cm³/mol. The Morgan fingerprint density at radius 3 is 2.24 bits per heavy atom. The van der Waals surface area contributed by atoms with Gasteiger partial charge in [-0.15, -0.1) is 0 Å². The normalized spacial score (nSPS) is 15.4. The summed E-state index contributed by atoms with van der Waals surface area (Å²) >= 11 is 0. The molecule has 0 amide bonds. The number of aliphatic carboxylic acids is 1. The number of carbonyl (C=O) groups is 1. The standard InChI is InChI=1S/C21H26N2O2/c1-16-3-4-17(2)20(13-16)23-11-9-22(10-12-23)15-19-7-5-18(6-8-19)14-21(24)25/h3-8,13H,9-12,14-15H2,1-2H3,(H,24,25). The maximum atomic E-state index is 10.8. The highest BCUT2D eigenvalue weighted by molar-refractivity contribution is 5.70. The van der Waals surface area contributed by atoms with Crippen molar-refractivity contribution in [2.24, 2.45) is 0 Å². The first-order valence-electron chi connectivity index (χ1n) is 8.85. The molecule has 0 unspecified atom stereocenters. The van der Waals surface area contributed by atoms with Gasteiger partial charge in [-0.2, -0.15) is 0 Å². The second-order valence-electron chi connectivity index (χ2n) is 6.94. The van der Waals surface area contributed by atoms with Crippen molar-refractivity contribution in [2.75, 3.05) is 31.1 Å². The fraction of sp³-hybridized carbons (Fsp3) is 0.381. The van der Waals surface area contributed by atoms with E-state index in [1.54, 1.807) is 0 Å². The van der Waals surface area contributed by atoms with Gasteiger partial charge in [0.1, 0.15) is 0 Å². The number of hydrogen-bond donors (Lipinski definition) is 1. The van der Waals surface area contributed by atoms with Gasteiger partial charge >= 0.3 is 5.97 Å². The summed E-state index contributed by atoms with van der Waals surface area (Å²) in [4.78, 5) is 15.7. The molecule has 0 saturated carbocycles. The van der Waals surface area contributed by atoms with E-state index in [1.807, 2.05) is 12.1 Å². The van der Waals surface area contributed by atoms with E-state index >= 15 is 0 Å². The van der Waals surface area contributed by atoms with Crippen LogP contribution < -0.4 is 4.90 Å². The Morgan fingerprint density at radius 1 is 0.960 bits per heavy atom. The number of anilines is 1. The Labute approximate surface area is 149 Å². The maximum absolute atomic E-state index is 10.8. The maximum Gasteiger partial charge on any atom is 0.307 e. The molecule has 1 heterocycles. The Bertz CT molecular complexity index is 732. The highest BCUT2D eigenvalue weighted by Gasteiger charge is 2.18. The third-order valence-corrected chi connectivity index (χ3v) is 4.86. The lowest BCUT2D eigenvalue weighted by Crippen LogP contribution is -2.46. The van der Waals surface area contributed by atoms with E-state index in [-0.39, 0.29) is 6.42 Å². The molecule has 0 aromatic heterocycles. The minimum Gasteiger partial charge on any atom is -0.481 e. The minimum atomic E-state index is -0.782. The smallest absolute Gasteiger partial charge is 0.307 e. The molecule has 0 bridgehead atoms. The molecule has 0 radical (unpaired) electrons. The van der Waals surface area contributed by atoms with Crippen LogP contribution in [0.25, 0.3) is 0 Å². The van der Waals surface area contributed by atoms with Crippen LogP contribution in [0, 0.1) is 13.8 Å². The fourth-order valence-corrected chi connectivity index (χ4v) is 3.40. The first-order valence-corrected chi connectivity index (χ1v) is 8.85. The highest BCUT2D eigenvalue weighted by atomic mass is 16.4. The van der Waals surface area contributed by atoms with Crippen LogP contribution in [-0.4, -0.2) is 42.2 Å². The van der Waals surface area contributed by atoms with E-state index < -0.39 is 5.97 Å². The summed E-state index contributed by atoms with van der Waals surface area (Å²) in [7, 11) is 0. The van der Waals surface area contributed by atoms with Crippen LogP contribution >= 0.6 is 0 Å². The lowest BCUT2D eigenvalue weighted by Gasteiger charge is -2.37. The molecule has 1 aliphatic heterocycles. The number of aryl methyl sites for hydroxylation is 2. The van der Waals surface area contributed by atoms with E-state index in [9.17, 15) is 4.79 Å². The molecule has 2 aromatic carbocycles. The number of piperazine rings is 1. The lowest BCUT2D eigenvalue weighted by molar-refractivity contribution is -0.136. The Kier molecular flexibility index (Phi) is 5.39. The zero-order valence-electron chi connectivity index (χ0n) is 15.0. The van der Waals surface area contributed by atoms with E-state index in [2.05, 4.69) is 54.0 Å². The van der Waals surface area contributed by atoms with Crippen LogP contribution in [0.1, 0.15) is 22.3 Å². The lowest BCUT2D eigenvalue weighted by atomic mass is 10.1. The van der Waals surface area contributed by atoms with Crippen LogP contribution in [0.5, 0.6) is 0 Å². The van der Waals surface area contributed by atoms with Crippen molar-refractivity contribution in [1.29, 1.82) is 0 Å². The topological polar surface area (TPSA) is 43.8 Å². The monoisotopic (exact) mass is 338 g/mol. The summed E-state index contributed by atoms with van der Waals surface area (Å²) in [5.74, 6) is -0.782. The number of nitrogens with zero attached hydrogens (tertiary/aromatic N) is 2. The zero-order chi connectivity index (χ0) is 17.8. The number of rotatable bonds is 5. The second kappa shape index (κ2) is 7.70. The number of carboxylic acid groups (broad SMARTS) is 1. The molecule has 0 atom stereocenters. The number of benzene rings is 2. The van der Waals surface area contributed by atoms with E-state index in [0.717, 1.165) is 38.3 Å². The third kappa shape index (κ3) is 4.60. The van der Waals surface area contributed by atoms with Gasteiger partial charge < -0.3 is 10.0 Å². The van der Waals surface area contributed by atoms with Gasteiger partial charge in [0.25, 0.3) is 0 Å². The van der Waals surface area contributed by atoms with Gasteiger partial charge in [0.15, 0.2) is 0 Å². The van der Waals surface area contributed by atoms with Crippen LogP contribution in [0.15, 0.2) is 42.5 Å². The quantitative estimate of drug-likeness (QED) is 0.909. The molecule has 1 fully saturated rings. The van der Waals surface area contributed by atoms with E-state index in [0.29, 0.717) is 0 Å². The first-order chi connectivity index (χ1) is 12.0. The SMILES string of the molecule is Cc1ccc(C)c(N2CCN(Cc3ccc(CC(=O)O)cc3)CC2)c1. The average Bonchev–Trinajstić information content (AvgIpc) is 2.59. The number of hydrogen-bond acceptors (Lipinski definition) is 3. The van der Waals surface area contributed by atoms with Gasteiger partial charge in [0, 0.05) is 38.4 Å². The third-order valence-electron chi connectivity index (χ3n) is 4.86. The van der Waals surface area contributed by atoms with Crippen molar-refractivity contribution in [3.8, 4) is 0 Å². The van der Waals surface area contributed by atoms with Gasteiger partial charge in [-0.1, -0.05) is 36.4 Å². The van der Waals surface area contributed by atoms with Crippen molar-refractivity contribution < 1.29 is 9.90 Å². The molecular weight excluding hydrogens is 312 g/mol. The summed E-state index contributed by atoms with van der Waals surface area (Å²) in [6.07, 6.45) is 0.0921. The summed E-state index contributed by atoms with van der Waals surface area (Å²) in [6, 6.07) is 14.6. The Hall–Kier alpha value is -2.33. The van der Waals surface area contributed by atoms with Crippen molar-refractivity contribution in [2.45, 2.75) is 26.8 Å². The molecule has 1 aliphatic rings. The van der Waals surface area contributed by atoms with E-state index in [1.165, 1.54) is 22.4 Å². The average molecular weight is 338 g/mol. The molecule has 132 valence electrons. The van der Waals surface area contributed by atoms with Crippen molar-refractivity contribution in [3.63, 3.8) is 0 Å².